The largest absolute Gasteiger partial charge is 0.497 e. The van der Waals surface area contributed by atoms with Crippen molar-refractivity contribution in [2.24, 2.45) is 5.92 Å². The number of pyridine rings is 1. The highest BCUT2D eigenvalue weighted by molar-refractivity contribution is 5.97. The predicted octanol–water partition coefficient (Wildman–Crippen LogP) is 3.88. The summed E-state index contributed by atoms with van der Waals surface area (Å²) in [5.74, 6) is 2.11. The van der Waals surface area contributed by atoms with Crippen LogP contribution in [0.5, 0.6) is 11.5 Å². The van der Waals surface area contributed by atoms with Gasteiger partial charge in [0.2, 0.25) is 0 Å². The number of anilines is 1. The van der Waals surface area contributed by atoms with Gasteiger partial charge in [-0.3, -0.25) is 4.98 Å². The molecule has 1 N–H and O–H groups in total. The van der Waals surface area contributed by atoms with Crippen LogP contribution < -0.4 is 14.8 Å². The Morgan fingerprint density at radius 3 is 2.48 bits per heavy atom. The Balaban J connectivity index is 2.68. The maximum absolute atomic E-state index is 5.52. The van der Waals surface area contributed by atoms with Crippen LogP contribution in [-0.2, 0) is 6.42 Å². The van der Waals surface area contributed by atoms with Crippen molar-refractivity contribution in [3.8, 4) is 11.5 Å². The van der Waals surface area contributed by atoms with E-state index in [1.165, 1.54) is 0 Å². The average Bonchev–Trinajstić information content (AvgIpc) is 2.45. The molecule has 0 radical (unpaired) electrons. The molecule has 0 fully saturated rings. The number of rotatable bonds is 6. The molecule has 0 amide bonds. The van der Waals surface area contributed by atoms with Gasteiger partial charge in [-0.1, -0.05) is 13.8 Å². The summed E-state index contributed by atoms with van der Waals surface area (Å²) in [6.45, 7) is 7.34. The maximum atomic E-state index is 5.52. The van der Waals surface area contributed by atoms with Gasteiger partial charge in [-0.2, -0.15) is 0 Å². The average molecular weight is 288 g/mol. The zero-order chi connectivity index (χ0) is 15.4. The van der Waals surface area contributed by atoms with E-state index in [2.05, 4.69) is 32.2 Å². The molecule has 0 aliphatic carbocycles. The number of hydrogen-bond donors (Lipinski definition) is 1. The number of nitrogens with one attached hydrogen (secondary N) is 1. The van der Waals surface area contributed by atoms with E-state index in [0.29, 0.717) is 5.92 Å². The third-order valence-corrected chi connectivity index (χ3v) is 3.34. The molecule has 1 aromatic heterocycles. The minimum atomic E-state index is 0.567. The first-order valence-electron chi connectivity index (χ1n) is 7.38. The molecule has 1 heterocycles. The molecule has 0 saturated heterocycles. The summed E-state index contributed by atoms with van der Waals surface area (Å²) in [5.41, 5.74) is 3.06. The Morgan fingerprint density at radius 1 is 1.14 bits per heavy atom. The molecule has 4 nitrogen and oxygen atoms in total. The quantitative estimate of drug-likeness (QED) is 0.876. The van der Waals surface area contributed by atoms with E-state index in [1.807, 2.05) is 12.1 Å². The fourth-order valence-electron chi connectivity index (χ4n) is 2.49. The molecule has 0 atom stereocenters. The Labute approximate surface area is 126 Å². The SMILES string of the molecule is CCNc1cc(CC(C)C)nc2cc(OC)cc(OC)c12. The van der Waals surface area contributed by atoms with Crippen molar-refractivity contribution in [1.29, 1.82) is 0 Å². The Kier molecular flexibility index (Phi) is 4.89. The van der Waals surface area contributed by atoms with Crippen LogP contribution in [0.25, 0.3) is 10.9 Å². The number of fused-ring (bicyclic) bond motifs is 1. The second-order valence-electron chi connectivity index (χ2n) is 5.51. The number of benzene rings is 1. The van der Waals surface area contributed by atoms with Crippen molar-refractivity contribution in [2.75, 3.05) is 26.1 Å². The normalized spacial score (nSPS) is 11.0. The summed E-state index contributed by atoms with van der Waals surface area (Å²) in [7, 11) is 3.33. The topological polar surface area (TPSA) is 43.4 Å². The molecule has 0 aliphatic heterocycles. The first kappa shape index (κ1) is 15.4. The Morgan fingerprint density at radius 2 is 1.90 bits per heavy atom. The van der Waals surface area contributed by atoms with E-state index < -0.39 is 0 Å². The van der Waals surface area contributed by atoms with Crippen LogP contribution in [0.2, 0.25) is 0 Å². The summed E-state index contributed by atoms with van der Waals surface area (Å²) in [5, 5.41) is 4.42. The molecule has 114 valence electrons. The van der Waals surface area contributed by atoms with Crippen LogP contribution in [0.15, 0.2) is 18.2 Å². The molecule has 21 heavy (non-hydrogen) atoms. The zero-order valence-electron chi connectivity index (χ0n) is 13.5. The highest BCUT2D eigenvalue weighted by atomic mass is 16.5. The predicted molar refractivity (Wildman–Crippen MR) is 87.6 cm³/mol. The van der Waals surface area contributed by atoms with E-state index in [-0.39, 0.29) is 0 Å². The third kappa shape index (κ3) is 3.38. The van der Waals surface area contributed by atoms with Crippen molar-refractivity contribution in [3.05, 3.63) is 23.9 Å². The lowest BCUT2D eigenvalue weighted by molar-refractivity contribution is 0.398. The zero-order valence-corrected chi connectivity index (χ0v) is 13.5. The van der Waals surface area contributed by atoms with Gasteiger partial charge in [0.05, 0.1) is 25.1 Å². The van der Waals surface area contributed by atoms with Crippen molar-refractivity contribution in [2.45, 2.75) is 27.2 Å². The van der Waals surface area contributed by atoms with Gasteiger partial charge < -0.3 is 14.8 Å². The van der Waals surface area contributed by atoms with Crippen LogP contribution in [0.1, 0.15) is 26.5 Å². The molecule has 0 saturated carbocycles. The van der Waals surface area contributed by atoms with Crippen LogP contribution in [-0.4, -0.2) is 25.7 Å². The summed E-state index contributed by atoms with van der Waals surface area (Å²) in [4.78, 5) is 4.78. The van der Waals surface area contributed by atoms with Gasteiger partial charge in [-0.05, 0) is 25.3 Å². The molecule has 0 unspecified atom stereocenters. The lowest BCUT2D eigenvalue weighted by atomic mass is 10.0. The fourth-order valence-corrected chi connectivity index (χ4v) is 2.49. The molecule has 0 bridgehead atoms. The summed E-state index contributed by atoms with van der Waals surface area (Å²) >= 11 is 0. The summed E-state index contributed by atoms with van der Waals surface area (Å²) < 4.78 is 10.9. The smallest absolute Gasteiger partial charge is 0.134 e. The van der Waals surface area contributed by atoms with Gasteiger partial charge in [0.25, 0.3) is 0 Å². The molecule has 4 heteroatoms. The second kappa shape index (κ2) is 6.66. The van der Waals surface area contributed by atoms with E-state index in [0.717, 1.165) is 46.7 Å². The summed E-state index contributed by atoms with van der Waals surface area (Å²) in [6.07, 6.45) is 0.952. The van der Waals surface area contributed by atoms with Gasteiger partial charge in [0, 0.05) is 30.1 Å². The van der Waals surface area contributed by atoms with Gasteiger partial charge in [-0.15, -0.1) is 0 Å². The lowest BCUT2D eigenvalue weighted by Crippen LogP contribution is -2.04. The van der Waals surface area contributed by atoms with Crippen molar-refractivity contribution in [3.63, 3.8) is 0 Å². The second-order valence-corrected chi connectivity index (χ2v) is 5.51. The van der Waals surface area contributed by atoms with Crippen molar-refractivity contribution in [1.82, 2.24) is 4.98 Å². The van der Waals surface area contributed by atoms with E-state index >= 15 is 0 Å². The highest BCUT2D eigenvalue weighted by Crippen LogP contribution is 2.36. The molecule has 0 aliphatic rings. The lowest BCUT2D eigenvalue weighted by Gasteiger charge is -2.15. The monoisotopic (exact) mass is 288 g/mol. The van der Waals surface area contributed by atoms with E-state index in [4.69, 9.17) is 14.5 Å². The first-order chi connectivity index (χ1) is 10.1. The number of nitrogens with zero attached hydrogens (tertiary/aromatic N) is 1. The van der Waals surface area contributed by atoms with Gasteiger partial charge in [0.15, 0.2) is 0 Å². The molecule has 0 spiro atoms. The van der Waals surface area contributed by atoms with E-state index in [9.17, 15) is 0 Å². The van der Waals surface area contributed by atoms with Crippen molar-refractivity contribution >= 4 is 16.6 Å². The Bertz CT molecular complexity index is 624. The standard InChI is InChI=1S/C17H24N2O2/c1-6-18-14-8-12(7-11(2)3)19-15-9-13(20-4)10-16(21-5)17(14)15/h8-11H,6-7H2,1-5H3,(H,18,19). The number of hydrogen-bond acceptors (Lipinski definition) is 4. The van der Waals surface area contributed by atoms with Gasteiger partial charge in [0.1, 0.15) is 11.5 Å². The van der Waals surface area contributed by atoms with Crippen molar-refractivity contribution < 1.29 is 9.47 Å². The Hall–Kier alpha value is -1.97. The number of ether oxygens (including phenoxy) is 2. The summed E-state index contributed by atoms with van der Waals surface area (Å²) in [6, 6.07) is 5.98. The van der Waals surface area contributed by atoms with Crippen LogP contribution in [0.4, 0.5) is 5.69 Å². The van der Waals surface area contributed by atoms with Crippen LogP contribution in [0.3, 0.4) is 0 Å². The highest BCUT2D eigenvalue weighted by Gasteiger charge is 2.13. The van der Waals surface area contributed by atoms with Gasteiger partial charge >= 0.3 is 0 Å². The number of methoxy groups -OCH3 is 2. The van der Waals surface area contributed by atoms with E-state index in [1.54, 1.807) is 14.2 Å². The molecule has 2 aromatic rings. The van der Waals surface area contributed by atoms with Gasteiger partial charge in [-0.25, -0.2) is 0 Å². The minimum Gasteiger partial charge on any atom is -0.497 e. The molecule has 2 rings (SSSR count). The number of aromatic nitrogens is 1. The molecular formula is C17H24N2O2. The third-order valence-electron chi connectivity index (χ3n) is 3.34. The first-order valence-corrected chi connectivity index (χ1v) is 7.38. The maximum Gasteiger partial charge on any atom is 0.134 e. The van der Waals surface area contributed by atoms with Crippen LogP contribution in [0, 0.1) is 5.92 Å². The molecule has 1 aromatic carbocycles. The molecular weight excluding hydrogens is 264 g/mol. The van der Waals surface area contributed by atoms with Crippen LogP contribution >= 0.6 is 0 Å². The minimum absolute atomic E-state index is 0.567. The fraction of sp³-hybridized carbons (Fsp3) is 0.471.